The Labute approximate surface area is 118 Å². The average molecular weight is 272 g/mol. The normalized spacial score (nSPS) is 11.6. The van der Waals surface area contributed by atoms with Crippen molar-refractivity contribution in [3.8, 4) is 0 Å². The minimum absolute atomic E-state index is 0.0462. The van der Waals surface area contributed by atoms with Gasteiger partial charge in [0.05, 0.1) is 0 Å². The highest BCUT2D eigenvalue weighted by atomic mass is 16.2. The van der Waals surface area contributed by atoms with Crippen LogP contribution in [0.4, 0.5) is 0 Å². The lowest BCUT2D eigenvalue weighted by molar-refractivity contribution is -0.123. The van der Waals surface area contributed by atoms with E-state index in [1.165, 1.54) is 0 Å². The van der Waals surface area contributed by atoms with Gasteiger partial charge in [-0.05, 0) is 26.3 Å². The van der Waals surface area contributed by atoms with Crippen LogP contribution in [0.25, 0.3) is 10.9 Å². The molecule has 0 atom stereocenters. The van der Waals surface area contributed by atoms with Crippen molar-refractivity contribution in [3.63, 3.8) is 0 Å². The second-order valence-corrected chi connectivity index (χ2v) is 5.63. The van der Waals surface area contributed by atoms with Gasteiger partial charge in [0.15, 0.2) is 6.29 Å². The fourth-order valence-electron chi connectivity index (χ4n) is 2.16. The Balaban J connectivity index is 2.26. The van der Waals surface area contributed by atoms with Gasteiger partial charge < -0.3 is 9.88 Å². The van der Waals surface area contributed by atoms with E-state index in [2.05, 4.69) is 5.32 Å². The summed E-state index contributed by atoms with van der Waals surface area (Å²) in [6.07, 6.45) is 3.42. The molecule has 0 spiro atoms. The smallest absolute Gasteiger partial charge is 0.240 e. The number of benzene rings is 1. The third-order valence-corrected chi connectivity index (χ3v) is 3.62. The molecule has 0 unspecified atom stereocenters. The predicted molar refractivity (Wildman–Crippen MR) is 79.8 cm³/mol. The van der Waals surface area contributed by atoms with Gasteiger partial charge in [0.1, 0.15) is 6.54 Å². The third kappa shape index (κ3) is 2.90. The summed E-state index contributed by atoms with van der Waals surface area (Å²) in [4.78, 5) is 23.2. The minimum atomic E-state index is -0.215. The summed E-state index contributed by atoms with van der Waals surface area (Å²) in [6.45, 7) is 6.25. The molecule has 0 radical (unpaired) electrons. The van der Waals surface area contributed by atoms with E-state index in [4.69, 9.17) is 0 Å². The summed E-state index contributed by atoms with van der Waals surface area (Å²) in [5, 5.41) is 3.88. The maximum absolute atomic E-state index is 12.1. The number of para-hydroxylation sites is 1. The molecule has 0 saturated carbocycles. The Morgan fingerprint density at radius 3 is 2.70 bits per heavy atom. The molecule has 1 aromatic carbocycles. The van der Waals surface area contributed by atoms with Crippen LogP contribution in [0.1, 0.15) is 37.6 Å². The minimum Gasteiger partial charge on any atom is -0.350 e. The molecular weight excluding hydrogens is 252 g/mol. The number of aldehydes is 1. The monoisotopic (exact) mass is 272 g/mol. The second kappa shape index (κ2) is 5.49. The summed E-state index contributed by atoms with van der Waals surface area (Å²) >= 11 is 0. The molecule has 0 fully saturated rings. The molecule has 2 rings (SSSR count). The van der Waals surface area contributed by atoms with Crippen molar-refractivity contribution in [2.75, 3.05) is 0 Å². The third-order valence-electron chi connectivity index (χ3n) is 3.62. The second-order valence-electron chi connectivity index (χ2n) is 5.63. The molecule has 1 aromatic heterocycles. The predicted octanol–water partition coefficient (Wildman–Crippen LogP) is 2.76. The number of hydrogen-bond donors (Lipinski definition) is 1. The van der Waals surface area contributed by atoms with Gasteiger partial charge in [-0.25, -0.2) is 0 Å². The topological polar surface area (TPSA) is 51.1 Å². The van der Waals surface area contributed by atoms with E-state index in [0.717, 1.165) is 23.6 Å². The molecule has 1 N–H and O–H groups in total. The molecule has 4 heteroatoms. The van der Waals surface area contributed by atoms with Gasteiger partial charge >= 0.3 is 0 Å². The van der Waals surface area contributed by atoms with Crippen LogP contribution in [0.3, 0.4) is 0 Å². The first-order chi connectivity index (χ1) is 9.46. The summed E-state index contributed by atoms with van der Waals surface area (Å²) in [6, 6.07) is 7.60. The lowest BCUT2D eigenvalue weighted by atomic mass is 10.0. The van der Waals surface area contributed by atoms with Crippen LogP contribution in [0.15, 0.2) is 30.5 Å². The zero-order valence-corrected chi connectivity index (χ0v) is 12.1. The largest absolute Gasteiger partial charge is 0.350 e. The lowest BCUT2D eigenvalue weighted by Gasteiger charge is -2.24. The zero-order chi connectivity index (χ0) is 14.8. The van der Waals surface area contributed by atoms with E-state index in [0.29, 0.717) is 5.56 Å². The van der Waals surface area contributed by atoms with Gasteiger partial charge in [0.2, 0.25) is 5.91 Å². The fraction of sp³-hybridized carbons (Fsp3) is 0.375. The van der Waals surface area contributed by atoms with E-state index in [1.54, 1.807) is 6.20 Å². The molecule has 2 aromatic rings. The molecule has 0 aliphatic carbocycles. The van der Waals surface area contributed by atoms with Crippen LogP contribution in [0, 0.1) is 0 Å². The molecule has 0 saturated heterocycles. The molecule has 1 amide bonds. The van der Waals surface area contributed by atoms with Crippen molar-refractivity contribution in [2.24, 2.45) is 0 Å². The number of nitrogens with zero attached hydrogens (tertiary/aromatic N) is 1. The maximum Gasteiger partial charge on any atom is 0.240 e. The number of amides is 1. The maximum atomic E-state index is 12.1. The van der Waals surface area contributed by atoms with Crippen LogP contribution in [-0.2, 0) is 11.3 Å². The summed E-state index contributed by atoms with van der Waals surface area (Å²) in [7, 11) is 0. The molecule has 20 heavy (non-hydrogen) atoms. The number of fused-ring (bicyclic) bond motifs is 1. The number of nitrogens with one attached hydrogen (secondary N) is 1. The molecule has 1 heterocycles. The van der Waals surface area contributed by atoms with Gasteiger partial charge in [0.25, 0.3) is 0 Å². The quantitative estimate of drug-likeness (QED) is 0.851. The van der Waals surface area contributed by atoms with Crippen molar-refractivity contribution >= 4 is 23.1 Å². The molecule has 0 bridgehead atoms. The van der Waals surface area contributed by atoms with Gasteiger partial charge in [-0.15, -0.1) is 0 Å². The van der Waals surface area contributed by atoms with E-state index in [1.807, 2.05) is 49.6 Å². The van der Waals surface area contributed by atoms with E-state index in [-0.39, 0.29) is 18.0 Å². The summed E-state index contributed by atoms with van der Waals surface area (Å²) in [5.74, 6) is -0.0462. The van der Waals surface area contributed by atoms with Gasteiger partial charge in [-0.2, -0.15) is 0 Å². The number of aromatic nitrogens is 1. The Hall–Kier alpha value is -2.10. The Kier molecular flexibility index (Phi) is 3.93. The van der Waals surface area contributed by atoms with Crippen molar-refractivity contribution in [3.05, 3.63) is 36.0 Å². The molecular formula is C16H20N2O2. The summed E-state index contributed by atoms with van der Waals surface area (Å²) in [5.41, 5.74) is 1.30. The Bertz CT molecular complexity index is 641. The van der Waals surface area contributed by atoms with Crippen LogP contribution in [-0.4, -0.2) is 22.3 Å². The van der Waals surface area contributed by atoms with Crippen LogP contribution in [0.2, 0.25) is 0 Å². The highest BCUT2D eigenvalue weighted by molar-refractivity contribution is 5.98. The van der Waals surface area contributed by atoms with Crippen molar-refractivity contribution in [1.82, 2.24) is 9.88 Å². The van der Waals surface area contributed by atoms with E-state index < -0.39 is 0 Å². The van der Waals surface area contributed by atoms with E-state index in [9.17, 15) is 9.59 Å². The lowest BCUT2D eigenvalue weighted by Crippen LogP contribution is -2.44. The van der Waals surface area contributed by atoms with Crippen molar-refractivity contribution in [1.29, 1.82) is 0 Å². The number of rotatable bonds is 5. The zero-order valence-electron chi connectivity index (χ0n) is 12.1. The summed E-state index contributed by atoms with van der Waals surface area (Å²) < 4.78 is 1.82. The molecule has 0 aliphatic rings. The SMILES string of the molecule is CCC(C)(C)NC(=O)Cn1cc(C=O)c2ccccc21. The highest BCUT2D eigenvalue weighted by Gasteiger charge is 2.18. The first-order valence-corrected chi connectivity index (χ1v) is 6.81. The van der Waals surface area contributed by atoms with Crippen LogP contribution >= 0.6 is 0 Å². The van der Waals surface area contributed by atoms with Crippen LogP contribution in [0.5, 0.6) is 0 Å². The van der Waals surface area contributed by atoms with E-state index >= 15 is 0 Å². The molecule has 106 valence electrons. The first kappa shape index (κ1) is 14.3. The average Bonchev–Trinajstić information content (AvgIpc) is 2.76. The van der Waals surface area contributed by atoms with Gasteiger partial charge in [-0.3, -0.25) is 9.59 Å². The highest BCUT2D eigenvalue weighted by Crippen LogP contribution is 2.20. The number of carbonyl (C=O) groups is 2. The van der Waals surface area contributed by atoms with Gasteiger partial charge in [-0.1, -0.05) is 25.1 Å². The molecule has 4 nitrogen and oxygen atoms in total. The Morgan fingerprint density at radius 1 is 1.35 bits per heavy atom. The van der Waals surface area contributed by atoms with Gasteiger partial charge in [0, 0.05) is 28.2 Å². The van der Waals surface area contributed by atoms with Crippen molar-refractivity contribution in [2.45, 2.75) is 39.3 Å². The standard InChI is InChI=1S/C16H20N2O2/c1-4-16(2,3)17-15(20)10-18-9-12(11-19)13-7-5-6-8-14(13)18/h5-9,11H,4,10H2,1-3H3,(H,17,20). The fourth-order valence-corrected chi connectivity index (χ4v) is 2.16. The van der Waals surface area contributed by atoms with Crippen molar-refractivity contribution < 1.29 is 9.59 Å². The molecule has 0 aliphatic heterocycles. The number of carbonyl (C=O) groups excluding carboxylic acids is 2. The Morgan fingerprint density at radius 2 is 2.05 bits per heavy atom. The number of hydrogen-bond acceptors (Lipinski definition) is 2. The first-order valence-electron chi connectivity index (χ1n) is 6.81. The van der Waals surface area contributed by atoms with Crippen LogP contribution < -0.4 is 5.32 Å².